The summed E-state index contributed by atoms with van der Waals surface area (Å²) in [4.78, 5) is 40.8. The van der Waals surface area contributed by atoms with Gasteiger partial charge in [0.1, 0.15) is 0 Å². The van der Waals surface area contributed by atoms with Crippen LogP contribution in [0, 0.1) is 5.92 Å². The van der Waals surface area contributed by atoms with Gasteiger partial charge in [0, 0.05) is 0 Å². The fourth-order valence-corrected chi connectivity index (χ4v) is 4.04. The van der Waals surface area contributed by atoms with Gasteiger partial charge in [-0.3, -0.25) is 0 Å². The van der Waals surface area contributed by atoms with Crippen molar-refractivity contribution >= 4 is 23.9 Å². The number of rotatable bonds is 10. The lowest BCUT2D eigenvalue weighted by molar-refractivity contribution is -0.123. The highest BCUT2D eigenvalue weighted by Crippen LogP contribution is 2.25. The highest BCUT2D eigenvalue weighted by molar-refractivity contribution is 5.88. The summed E-state index contributed by atoms with van der Waals surface area (Å²) in [6, 6.07) is 33.2. The smallest absolute Gasteiger partial charge is 0.335 e. The fourth-order valence-electron chi connectivity index (χ4n) is 4.04. The van der Waals surface area contributed by atoms with E-state index in [-0.39, 0.29) is 5.92 Å². The zero-order valence-electron chi connectivity index (χ0n) is 33.5. The van der Waals surface area contributed by atoms with Crippen LogP contribution in [-0.4, -0.2) is 87.6 Å². The number of benzene rings is 4. The zero-order chi connectivity index (χ0) is 43.5. The predicted molar refractivity (Wildman–Crippen MR) is 217 cm³/mol. The van der Waals surface area contributed by atoms with Gasteiger partial charge in [-0.15, -0.1) is 0 Å². The van der Waals surface area contributed by atoms with Crippen molar-refractivity contribution in [3.05, 3.63) is 144 Å². The summed E-state index contributed by atoms with van der Waals surface area (Å²) in [5.74, 6) is -3.35. The van der Waals surface area contributed by atoms with Gasteiger partial charge in [-0.25, -0.2) is 19.2 Å². The van der Waals surface area contributed by atoms with Gasteiger partial charge in [0.2, 0.25) is 0 Å². The maximum atomic E-state index is 10.2. The normalized spacial score (nSPS) is 12.4. The second kappa shape index (κ2) is 27.2. The number of aliphatic hydroxyl groups is 4. The Kier molecular flexibility index (Phi) is 25.6. The first-order valence-corrected chi connectivity index (χ1v) is 17.9. The molecule has 0 aromatic heterocycles. The highest BCUT2D eigenvalue weighted by Gasteiger charge is 2.36. The Bertz CT molecular complexity index is 1450. The monoisotopic (exact) mass is 780 g/mol. The Hall–Kier alpha value is -5.40. The number of aromatic carboxylic acids is 4. The molecule has 56 heavy (non-hydrogen) atoms. The molecule has 4 aromatic rings. The van der Waals surface area contributed by atoms with Gasteiger partial charge in [0.25, 0.3) is 0 Å². The van der Waals surface area contributed by atoms with Crippen molar-refractivity contribution in [1.82, 2.24) is 0 Å². The number of aliphatic hydroxyl groups excluding tert-OH is 1. The molecule has 4 rings (SSSR count). The van der Waals surface area contributed by atoms with E-state index in [0.29, 0.717) is 28.7 Å². The minimum absolute atomic E-state index is 0.167. The molecule has 8 N–H and O–H groups in total. The molecule has 3 unspecified atom stereocenters. The summed E-state index contributed by atoms with van der Waals surface area (Å²) in [5.41, 5.74) is -1.59. The van der Waals surface area contributed by atoms with Crippen molar-refractivity contribution in [2.75, 3.05) is 0 Å². The maximum absolute atomic E-state index is 10.2. The minimum Gasteiger partial charge on any atom is -0.478 e. The van der Waals surface area contributed by atoms with Gasteiger partial charge in [-0.1, -0.05) is 106 Å². The molecule has 0 radical (unpaired) electrons. The number of hydrogen-bond donors (Lipinski definition) is 8. The lowest BCUT2D eigenvalue weighted by Gasteiger charge is -2.35. The van der Waals surface area contributed by atoms with E-state index in [1.807, 2.05) is 20.8 Å². The molecule has 0 aliphatic carbocycles. The second-order valence-corrected chi connectivity index (χ2v) is 13.8. The standard InChI is InChI=1S/2C8H18O2.4C7H6O2/c1-5-6-8(4,10)7(2,3)9;1-5-6(2)7(9)8(3,4)10;4*8-7(9)6-4-2-1-3-5-6/h9-10H,5-6H2,1-4H3;6-7,9-10H,5H2,1-4H3;4*1-5H,(H,8,9). The van der Waals surface area contributed by atoms with E-state index in [1.165, 1.54) is 0 Å². The SMILES string of the molecule is CCC(C)C(O)C(C)(C)O.CCCC(C)(O)C(C)(C)O.O=C(O)c1ccccc1.O=C(O)c1ccccc1.O=C(O)c1ccccc1.O=C(O)c1ccccc1. The number of carboxylic acid groups (broad SMARTS) is 4. The van der Waals surface area contributed by atoms with E-state index in [0.717, 1.165) is 12.8 Å². The van der Waals surface area contributed by atoms with Crippen molar-refractivity contribution in [2.24, 2.45) is 5.92 Å². The van der Waals surface area contributed by atoms with E-state index in [2.05, 4.69) is 0 Å². The molecule has 0 heterocycles. The Balaban J connectivity index is 0. The van der Waals surface area contributed by atoms with Crippen LogP contribution < -0.4 is 0 Å². The molecule has 308 valence electrons. The average Bonchev–Trinajstić information content (AvgIpc) is 3.16. The molecule has 4 aromatic carbocycles. The fraction of sp³-hybridized carbons (Fsp3) is 0.364. The van der Waals surface area contributed by atoms with Crippen molar-refractivity contribution < 1.29 is 60.0 Å². The molecule has 12 nitrogen and oxygen atoms in total. The van der Waals surface area contributed by atoms with E-state index >= 15 is 0 Å². The molecule has 3 atom stereocenters. The van der Waals surface area contributed by atoms with Crippen molar-refractivity contribution in [3.8, 4) is 0 Å². The van der Waals surface area contributed by atoms with Gasteiger partial charge in [-0.05, 0) is 95.5 Å². The van der Waals surface area contributed by atoms with Crippen LogP contribution in [0.1, 0.15) is 116 Å². The van der Waals surface area contributed by atoms with Crippen LogP contribution in [0.5, 0.6) is 0 Å². The molecule has 0 spiro atoms. The third-order valence-corrected chi connectivity index (χ3v) is 8.04. The van der Waals surface area contributed by atoms with Crippen LogP contribution in [0.2, 0.25) is 0 Å². The molecule has 0 aliphatic heterocycles. The molecule has 0 saturated heterocycles. The lowest BCUT2D eigenvalue weighted by atomic mass is 9.84. The van der Waals surface area contributed by atoms with Crippen LogP contribution in [-0.2, 0) is 0 Å². The average molecular weight is 781 g/mol. The lowest BCUT2D eigenvalue weighted by Crippen LogP contribution is -2.47. The maximum Gasteiger partial charge on any atom is 0.335 e. The van der Waals surface area contributed by atoms with E-state index in [9.17, 15) is 39.6 Å². The quantitative estimate of drug-likeness (QED) is 0.0765. The van der Waals surface area contributed by atoms with Crippen molar-refractivity contribution in [3.63, 3.8) is 0 Å². The Morgan fingerprint density at radius 1 is 0.500 bits per heavy atom. The first-order valence-electron chi connectivity index (χ1n) is 17.9. The van der Waals surface area contributed by atoms with Crippen LogP contribution in [0.3, 0.4) is 0 Å². The van der Waals surface area contributed by atoms with Gasteiger partial charge >= 0.3 is 23.9 Å². The van der Waals surface area contributed by atoms with Gasteiger partial charge in [0.05, 0.1) is 45.2 Å². The molecule has 0 aliphatic rings. The summed E-state index contributed by atoms with van der Waals surface area (Å²) in [6.45, 7) is 14.1. The zero-order valence-corrected chi connectivity index (χ0v) is 33.5. The Labute approximate surface area is 330 Å². The van der Waals surface area contributed by atoms with Crippen LogP contribution >= 0.6 is 0 Å². The van der Waals surface area contributed by atoms with Gasteiger partial charge in [0.15, 0.2) is 0 Å². The summed E-state index contributed by atoms with van der Waals surface area (Å²) in [7, 11) is 0. The van der Waals surface area contributed by atoms with E-state index in [4.69, 9.17) is 20.4 Å². The third-order valence-electron chi connectivity index (χ3n) is 8.04. The summed E-state index contributed by atoms with van der Waals surface area (Å²) >= 11 is 0. The van der Waals surface area contributed by atoms with Crippen molar-refractivity contribution in [2.45, 2.75) is 97.6 Å². The largest absolute Gasteiger partial charge is 0.478 e. The van der Waals surface area contributed by atoms with Crippen LogP contribution in [0.15, 0.2) is 121 Å². The van der Waals surface area contributed by atoms with E-state index < -0.39 is 46.8 Å². The number of carbonyl (C=O) groups is 4. The molecular formula is C44H60O12. The molecule has 0 bridgehead atoms. The van der Waals surface area contributed by atoms with Gasteiger partial charge in [-0.2, -0.15) is 0 Å². The highest BCUT2D eigenvalue weighted by atomic mass is 16.4. The number of carboxylic acids is 4. The van der Waals surface area contributed by atoms with Crippen LogP contribution in [0.4, 0.5) is 0 Å². The molecule has 0 fully saturated rings. The summed E-state index contributed by atoms with van der Waals surface area (Å²) < 4.78 is 0. The molecular weight excluding hydrogens is 720 g/mol. The van der Waals surface area contributed by atoms with Gasteiger partial charge < -0.3 is 40.9 Å². The molecule has 0 saturated carbocycles. The van der Waals surface area contributed by atoms with E-state index in [1.54, 1.807) is 156 Å². The summed E-state index contributed by atoms with van der Waals surface area (Å²) in [5, 5.41) is 71.3. The Morgan fingerprint density at radius 2 is 0.732 bits per heavy atom. The molecule has 0 amide bonds. The topological polar surface area (TPSA) is 230 Å². The van der Waals surface area contributed by atoms with Crippen molar-refractivity contribution in [1.29, 1.82) is 0 Å². The first-order chi connectivity index (χ1) is 25.9. The number of hydrogen-bond acceptors (Lipinski definition) is 8. The molecule has 12 heteroatoms. The summed E-state index contributed by atoms with van der Waals surface area (Å²) in [6.07, 6.45) is 1.80. The van der Waals surface area contributed by atoms with Crippen LogP contribution in [0.25, 0.3) is 0 Å². The Morgan fingerprint density at radius 3 is 0.821 bits per heavy atom. The third kappa shape index (κ3) is 24.1. The second-order valence-electron chi connectivity index (χ2n) is 13.8. The minimum atomic E-state index is -0.997. The predicted octanol–water partition coefficient (Wildman–Crippen LogP) is 8.01. The first kappa shape index (κ1) is 52.7.